The van der Waals surface area contributed by atoms with Crippen LogP contribution in [0.4, 0.5) is 0 Å². The Bertz CT molecular complexity index is 6650. The molecule has 16 aromatic rings. The molecule has 0 saturated carbocycles. The van der Waals surface area contributed by atoms with Gasteiger partial charge in [0.05, 0.1) is 138 Å². The Hall–Kier alpha value is -10.1. The van der Waals surface area contributed by atoms with E-state index in [0.29, 0.717) is 78.6 Å². The van der Waals surface area contributed by atoms with Gasteiger partial charge in [0.1, 0.15) is 46.0 Å². The summed E-state index contributed by atoms with van der Waals surface area (Å²) >= 11 is 9.10. The van der Waals surface area contributed by atoms with Gasteiger partial charge in [0, 0.05) is 66.2 Å². The molecule has 1 fully saturated rings. The number of hydrogen-bond donors (Lipinski definition) is 2. The van der Waals surface area contributed by atoms with Crippen molar-refractivity contribution in [2.75, 3.05) is 68.3 Å². The minimum atomic E-state index is -0.520. The number of ether oxygens (including phenoxy) is 10. The average Bonchev–Trinajstić information content (AvgIpc) is 1.58. The zero-order valence-corrected chi connectivity index (χ0v) is 93.1. The van der Waals surface area contributed by atoms with Gasteiger partial charge in [-0.2, -0.15) is 0 Å². The molecule has 23 heteroatoms. The van der Waals surface area contributed by atoms with Crippen LogP contribution >= 0.6 is 79.2 Å². The minimum Gasteiger partial charge on any atom is -0.504 e. The number of benzene rings is 10. The molecule has 0 amide bonds. The molecule has 0 radical (unpaired) electrons. The Kier molecular flexibility index (Phi) is 31.0. The van der Waals surface area contributed by atoms with Gasteiger partial charge in [-0.25, -0.2) is 0 Å². The van der Waals surface area contributed by atoms with E-state index in [-0.39, 0.29) is 50.8 Å². The topological polar surface area (TPSA) is 166 Å². The number of halogens is 2. The van der Waals surface area contributed by atoms with Gasteiger partial charge in [0.2, 0.25) is 0 Å². The molecular weight excluding hydrogens is 2030 g/mol. The molecule has 17 nitrogen and oxygen atoms in total. The Morgan fingerprint density at radius 2 is 0.600 bits per heavy atom. The van der Waals surface area contributed by atoms with Crippen molar-refractivity contribution >= 4 is 157 Å². The first-order chi connectivity index (χ1) is 66.1. The molecular formula is C117H136BI2N3O14S3. The van der Waals surface area contributed by atoms with Crippen molar-refractivity contribution < 1.29 is 66.9 Å². The van der Waals surface area contributed by atoms with Crippen molar-refractivity contribution in [2.45, 2.75) is 229 Å². The number of unbranched alkanes of at least 4 members (excludes halogenated alkanes) is 2. The molecule has 0 atom stereocenters. The predicted molar refractivity (Wildman–Crippen MR) is 600 cm³/mol. The van der Waals surface area contributed by atoms with Crippen LogP contribution in [0.5, 0.6) is 63.2 Å². The van der Waals surface area contributed by atoms with E-state index < -0.39 is 18.3 Å². The number of rotatable bonds is 28. The summed E-state index contributed by atoms with van der Waals surface area (Å²) in [5.74, 6) is 7.25. The molecule has 7 heterocycles. The number of methoxy groups -OCH3 is 4. The lowest BCUT2D eigenvalue weighted by molar-refractivity contribution is 0.00578. The average molecular weight is 2170 g/mol. The van der Waals surface area contributed by atoms with Crippen molar-refractivity contribution in [3.05, 3.63) is 239 Å². The number of nitrogens with zero attached hydrogens (tertiary/aromatic N) is 3. The monoisotopic (exact) mass is 2170 g/mol. The van der Waals surface area contributed by atoms with E-state index in [4.69, 9.17) is 56.7 Å². The summed E-state index contributed by atoms with van der Waals surface area (Å²) < 4.78 is 81.2. The first-order valence-electron chi connectivity index (χ1n) is 48.3. The van der Waals surface area contributed by atoms with Crippen molar-refractivity contribution in [2.24, 2.45) is 0 Å². The predicted octanol–water partition coefficient (Wildman–Crippen LogP) is 31.5. The minimum absolute atomic E-state index is 0.0239. The summed E-state index contributed by atoms with van der Waals surface area (Å²) in [6, 6.07) is 63.8. The maximum atomic E-state index is 12.3. The molecule has 738 valence electrons. The zero-order valence-electron chi connectivity index (χ0n) is 86.3. The fraction of sp³-hybridized carbons (Fsp3) is 0.385. The van der Waals surface area contributed by atoms with E-state index >= 15 is 0 Å². The number of aromatic hydroxyl groups is 2. The van der Waals surface area contributed by atoms with Gasteiger partial charge in [-0.05, 0) is 317 Å². The van der Waals surface area contributed by atoms with Crippen LogP contribution in [0.1, 0.15) is 218 Å². The molecule has 0 spiro atoms. The van der Waals surface area contributed by atoms with Crippen molar-refractivity contribution in [1.82, 2.24) is 13.7 Å². The summed E-state index contributed by atoms with van der Waals surface area (Å²) in [5.41, 5.74) is 17.2. The first kappa shape index (κ1) is 104. The summed E-state index contributed by atoms with van der Waals surface area (Å²) in [4.78, 5) is 1.41. The molecule has 0 unspecified atom stereocenters. The third-order valence-corrected chi connectivity index (χ3v) is 31.3. The molecule has 0 aliphatic carbocycles. The second-order valence-corrected chi connectivity index (χ2v) is 48.3. The molecule has 1 aliphatic heterocycles. The van der Waals surface area contributed by atoms with E-state index in [0.717, 1.165) is 136 Å². The van der Waals surface area contributed by atoms with Gasteiger partial charge >= 0.3 is 7.12 Å². The normalized spacial score (nSPS) is 13.6. The van der Waals surface area contributed by atoms with E-state index in [9.17, 15) is 10.2 Å². The van der Waals surface area contributed by atoms with Gasteiger partial charge < -0.3 is 80.6 Å². The molecule has 2 N–H and O–H groups in total. The van der Waals surface area contributed by atoms with Crippen LogP contribution in [0.2, 0.25) is 0 Å². The smallest absolute Gasteiger partial charge is 0.504 e. The van der Waals surface area contributed by atoms with E-state index in [2.05, 4.69) is 326 Å². The van der Waals surface area contributed by atoms with Crippen LogP contribution in [-0.2, 0) is 46.5 Å². The van der Waals surface area contributed by atoms with Crippen LogP contribution in [-0.4, -0.2) is 111 Å². The Balaban J connectivity index is 0.000000191. The quantitative estimate of drug-likeness (QED) is 0.0206. The van der Waals surface area contributed by atoms with Crippen LogP contribution in [0.25, 0.3) is 103 Å². The molecule has 17 rings (SSSR count). The molecule has 1 saturated heterocycles. The van der Waals surface area contributed by atoms with E-state index in [1.807, 2.05) is 90.5 Å². The van der Waals surface area contributed by atoms with Gasteiger partial charge in [-0.15, -0.1) is 34.0 Å². The van der Waals surface area contributed by atoms with Crippen molar-refractivity contribution in [3.63, 3.8) is 0 Å². The van der Waals surface area contributed by atoms with Crippen molar-refractivity contribution in [1.29, 1.82) is 0 Å². The van der Waals surface area contributed by atoms with Crippen molar-refractivity contribution in [3.8, 4) is 101 Å². The van der Waals surface area contributed by atoms with Crippen LogP contribution in [0.3, 0.4) is 0 Å². The van der Waals surface area contributed by atoms with Gasteiger partial charge in [-0.3, -0.25) is 0 Å². The lowest BCUT2D eigenvalue weighted by Gasteiger charge is -2.32. The second-order valence-electron chi connectivity index (χ2n) is 43.3. The fourth-order valence-corrected chi connectivity index (χ4v) is 21.6. The zero-order chi connectivity index (χ0) is 101. The van der Waals surface area contributed by atoms with Gasteiger partial charge in [-0.1, -0.05) is 161 Å². The molecule has 10 aromatic carbocycles. The van der Waals surface area contributed by atoms with Gasteiger partial charge in [0.25, 0.3) is 0 Å². The lowest BCUT2D eigenvalue weighted by Crippen LogP contribution is -2.41. The Morgan fingerprint density at radius 1 is 0.336 bits per heavy atom. The number of hydrogen-bond acceptors (Lipinski definition) is 17. The number of thiophene rings is 3. The highest BCUT2D eigenvalue weighted by Gasteiger charge is 2.54. The van der Waals surface area contributed by atoms with E-state index in [1.54, 1.807) is 39.8 Å². The highest BCUT2D eigenvalue weighted by Crippen LogP contribution is 2.53. The summed E-state index contributed by atoms with van der Waals surface area (Å²) in [5, 5.41) is 38.0. The Labute approximate surface area is 866 Å². The highest BCUT2D eigenvalue weighted by molar-refractivity contribution is 14.1. The lowest BCUT2D eigenvalue weighted by atomic mass is 9.85. The molecule has 6 aromatic heterocycles. The number of fused-ring (bicyclic) bond motifs is 9. The van der Waals surface area contributed by atoms with Crippen LogP contribution < -0.4 is 47.4 Å². The standard InChI is InChI=1S/C66H72N2O6S2.C33H44BNO4S.C18H20I2O4/c1-63(2,3)39-17-23-51-45(31-39)46-32-40(64(4,5)6)18-24-52(46)67(51)55-37-75-61(59(55)69)49-35-43(71-13)21-27-57(49)73-29-15-16-30-74-58-28-22-44(72-14)36-50(58)62-60(70)56(38-76-62)68-53-25-19-41(65(7,8)9)33-47(53)48-34-42(66(10,11)12)20-26-54(48)68;1-12-36-20-37-28-27(19-40-29(28)34-38-32(8,9)33(10,11)39-34)35-25-15-13-21(30(2,3)4)17-23(25)24-18-22(31(5,6)7)14-16-26(24)35;1-21-13-5-7-17(15(19)11-13)23-9-3-4-10-24-18-8-6-14(22-2)12-16(18)20/h17-28,31-38,69-70H,15-16,29-30H2,1-14H3;13-19H,12,20H2,1-11H3;5-8,11-12H,3-4,9-10H2,1-2H3. The van der Waals surface area contributed by atoms with E-state index in [1.165, 1.54) is 66.8 Å². The summed E-state index contributed by atoms with van der Waals surface area (Å²) in [6.45, 7) is 53.8. The summed E-state index contributed by atoms with van der Waals surface area (Å²) in [6.07, 6.45) is 3.30. The fourth-order valence-electron chi connectivity index (χ4n) is 17.4. The Morgan fingerprint density at radius 3 is 0.871 bits per heavy atom. The third kappa shape index (κ3) is 22.2. The SMILES string of the molecule is CCOCOc1c(-n2c3ccc(C(C)(C)C)cc3c3cc(C(C)(C)C)ccc32)csc1B1OC(C)(C)C(C)(C)O1.COc1ccc(OCCCCOc2ccc(OC)cc2-c2scc(-n3c4ccc(C(C)(C)C)cc4c4cc(C(C)(C)C)ccc43)c2O)c(-c2scc(-n3c4ccc(C(C)(C)C)cc4c4cc(C(C)(C)C)ccc43)c2O)c1.COc1ccc(OCCCCOc2ccc(OC)cc2I)c(I)c1. The largest absolute Gasteiger partial charge is 0.509 e. The highest BCUT2D eigenvalue weighted by atomic mass is 127. The maximum Gasteiger partial charge on any atom is 0.509 e. The van der Waals surface area contributed by atoms with Gasteiger partial charge in [0.15, 0.2) is 24.0 Å². The summed E-state index contributed by atoms with van der Waals surface area (Å²) in [7, 11) is 6.11. The first-order valence-corrected chi connectivity index (χ1v) is 53.1. The maximum absolute atomic E-state index is 12.3. The molecule has 1 aliphatic rings. The second kappa shape index (κ2) is 41.7. The van der Waals surface area contributed by atoms with Crippen LogP contribution in [0, 0.1) is 7.14 Å². The third-order valence-electron chi connectivity index (χ3n) is 26.7. The molecule has 140 heavy (non-hydrogen) atoms. The number of aromatic nitrogens is 3. The van der Waals surface area contributed by atoms with Crippen LogP contribution in [0.15, 0.2) is 198 Å². The molecule has 0 bridgehead atoms.